The summed E-state index contributed by atoms with van der Waals surface area (Å²) in [5.41, 5.74) is 3.21. The molecule has 0 spiro atoms. The van der Waals surface area contributed by atoms with Crippen LogP contribution in [0.2, 0.25) is 0 Å². The van der Waals surface area contributed by atoms with Gasteiger partial charge in [-0.15, -0.1) is 0 Å². The Morgan fingerprint density at radius 1 is 1.33 bits per heavy atom. The number of nitrogens with one attached hydrogen (secondary N) is 1. The standard InChI is InChI=1S/C21H17N3O6/c1-2-21(30-23-20(27)28)14-8-16-17-12(7-11-5-3-4-6-15(11)22-17)9-24(16)18(25)13(14)10-29-19(21)26/h3-8,23H,2,9-10H2,1H3,(H,27,28)/t21-/m0/s1. The number of hydrogen-bond acceptors (Lipinski definition) is 6. The highest BCUT2D eigenvalue weighted by molar-refractivity contribution is 5.86. The summed E-state index contributed by atoms with van der Waals surface area (Å²) in [7, 11) is 0. The average Bonchev–Trinajstić information content (AvgIpc) is 3.09. The number of hydroxylamine groups is 1. The van der Waals surface area contributed by atoms with Crippen LogP contribution in [0.5, 0.6) is 0 Å². The Balaban J connectivity index is 1.74. The average molecular weight is 407 g/mol. The zero-order valence-corrected chi connectivity index (χ0v) is 16.0. The summed E-state index contributed by atoms with van der Waals surface area (Å²) in [6.45, 7) is 1.82. The number of ether oxygens (including phenoxy) is 1. The highest BCUT2D eigenvalue weighted by Gasteiger charge is 2.49. The number of para-hydroxylation sites is 1. The minimum atomic E-state index is -1.75. The smallest absolute Gasteiger partial charge is 0.428 e. The van der Waals surface area contributed by atoms with E-state index in [1.54, 1.807) is 23.0 Å². The summed E-state index contributed by atoms with van der Waals surface area (Å²) in [5, 5.41) is 9.93. The lowest BCUT2D eigenvalue weighted by atomic mass is 9.86. The molecule has 4 heterocycles. The van der Waals surface area contributed by atoms with E-state index in [-0.39, 0.29) is 24.2 Å². The number of aromatic nitrogens is 2. The molecule has 152 valence electrons. The molecule has 2 aliphatic rings. The van der Waals surface area contributed by atoms with E-state index in [0.717, 1.165) is 16.5 Å². The SMILES string of the molecule is CC[C@@]1(ONC(=O)O)C(=O)OCc2c1cc1n(c2=O)Cc2cc3ccccc3nc2-1. The van der Waals surface area contributed by atoms with Gasteiger partial charge in [0.1, 0.15) is 6.61 Å². The Hall–Kier alpha value is -3.72. The summed E-state index contributed by atoms with van der Waals surface area (Å²) >= 11 is 0. The summed E-state index contributed by atoms with van der Waals surface area (Å²) in [6, 6.07) is 11.4. The minimum absolute atomic E-state index is 0.0695. The maximum absolute atomic E-state index is 13.3. The molecule has 1 aromatic carbocycles. The van der Waals surface area contributed by atoms with Crippen LogP contribution in [0, 0.1) is 0 Å². The van der Waals surface area contributed by atoms with Gasteiger partial charge in [-0.1, -0.05) is 25.1 Å². The predicted octanol–water partition coefficient (Wildman–Crippen LogP) is 2.29. The van der Waals surface area contributed by atoms with Crippen molar-refractivity contribution in [2.45, 2.75) is 32.1 Å². The van der Waals surface area contributed by atoms with Gasteiger partial charge in [-0.25, -0.2) is 19.4 Å². The van der Waals surface area contributed by atoms with Gasteiger partial charge in [0.05, 0.1) is 29.0 Å². The zero-order valence-electron chi connectivity index (χ0n) is 16.0. The Kier molecular flexibility index (Phi) is 3.90. The lowest BCUT2D eigenvalue weighted by Crippen LogP contribution is -2.49. The van der Waals surface area contributed by atoms with Gasteiger partial charge in [0.15, 0.2) is 0 Å². The molecule has 1 atom stereocenters. The number of fused-ring (bicyclic) bond motifs is 5. The van der Waals surface area contributed by atoms with E-state index in [9.17, 15) is 14.4 Å². The Morgan fingerprint density at radius 2 is 2.13 bits per heavy atom. The number of carbonyl (C=O) groups excluding carboxylic acids is 1. The van der Waals surface area contributed by atoms with Crippen LogP contribution in [0.4, 0.5) is 4.79 Å². The van der Waals surface area contributed by atoms with Crippen molar-refractivity contribution in [3.63, 3.8) is 0 Å². The van der Waals surface area contributed by atoms with Crippen LogP contribution in [-0.2, 0) is 33.1 Å². The highest BCUT2D eigenvalue weighted by atomic mass is 16.7. The second-order valence-electron chi connectivity index (χ2n) is 7.27. The van der Waals surface area contributed by atoms with Gasteiger partial charge < -0.3 is 14.4 Å². The minimum Gasteiger partial charge on any atom is -0.464 e. The second kappa shape index (κ2) is 6.39. The molecule has 0 saturated heterocycles. The molecule has 0 fully saturated rings. The Labute approximate surface area is 169 Å². The van der Waals surface area contributed by atoms with Gasteiger partial charge in [-0.3, -0.25) is 4.79 Å². The molecule has 0 unspecified atom stereocenters. The molecule has 9 nitrogen and oxygen atoms in total. The molecule has 2 N–H and O–H groups in total. The van der Waals surface area contributed by atoms with E-state index < -0.39 is 17.7 Å². The maximum Gasteiger partial charge on any atom is 0.428 e. The van der Waals surface area contributed by atoms with Crippen molar-refractivity contribution in [1.29, 1.82) is 0 Å². The molecule has 9 heteroatoms. The van der Waals surface area contributed by atoms with Crippen molar-refractivity contribution < 1.29 is 24.3 Å². The molecular weight excluding hydrogens is 390 g/mol. The molecule has 3 aromatic rings. The number of pyridine rings is 2. The normalized spacial score (nSPS) is 19.0. The van der Waals surface area contributed by atoms with E-state index in [4.69, 9.17) is 19.7 Å². The van der Waals surface area contributed by atoms with Crippen LogP contribution in [0.3, 0.4) is 0 Å². The van der Waals surface area contributed by atoms with Gasteiger partial charge in [-0.2, -0.15) is 5.48 Å². The quantitative estimate of drug-likeness (QED) is 0.395. The molecule has 2 aliphatic heterocycles. The second-order valence-corrected chi connectivity index (χ2v) is 7.27. The van der Waals surface area contributed by atoms with Crippen LogP contribution in [-0.4, -0.2) is 26.7 Å². The molecule has 0 radical (unpaired) electrons. The van der Waals surface area contributed by atoms with Crippen molar-refractivity contribution in [1.82, 2.24) is 15.0 Å². The van der Waals surface area contributed by atoms with Gasteiger partial charge in [0, 0.05) is 16.5 Å². The van der Waals surface area contributed by atoms with Gasteiger partial charge in [0.25, 0.3) is 5.56 Å². The fraction of sp³-hybridized carbons (Fsp3) is 0.238. The predicted molar refractivity (Wildman–Crippen MR) is 105 cm³/mol. The summed E-state index contributed by atoms with van der Waals surface area (Å²) in [4.78, 5) is 46.9. The van der Waals surface area contributed by atoms with Gasteiger partial charge in [0.2, 0.25) is 5.60 Å². The number of amides is 1. The maximum atomic E-state index is 13.3. The van der Waals surface area contributed by atoms with Crippen LogP contribution in [0.25, 0.3) is 22.3 Å². The van der Waals surface area contributed by atoms with Crippen molar-refractivity contribution in [3.05, 3.63) is 63.4 Å². The number of nitrogens with zero attached hydrogens (tertiary/aromatic N) is 2. The third-order valence-corrected chi connectivity index (χ3v) is 5.70. The topological polar surface area (TPSA) is 120 Å². The molecule has 1 amide bonds. The van der Waals surface area contributed by atoms with Crippen molar-refractivity contribution in [2.75, 3.05) is 0 Å². The highest BCUT2D eigenvalue weighted by Crippen LogP contribution is 2.40. The van der Waals surface area contributed by atoms with E-state index in [1.165, 1.54) is 0 Å². The van der Waals surface area contributed by atoms with Crippen molar-refractivity contribution in [3.8, 4) is 11.4 Å². The van der Waals surface area contributed by atoms with Crippen molar-refractivity contribution in [2.24, 2.45) is 0 Å². The third-order valence-electron chi connectivity index (χ3n) is 5.70. The third kappa shape index (κ3) is 2.45. The van der Waals surface area contributed by atoms with Crippen LogP contribution >= 0.6 is 0 Å². The van der Waals surface area contributed by atoms with E-state index in [0.29, 0.717) is 23.5 Å². The molecule has 30 heavy (non-hydrogen) atoms. The number of carbonyl (C=O) groups is 2. The van der Waals surface area contributed by atoms with Crippen LogP contribution < -0.4 is 11.0 Å². The summed E-state index contributed by atoms with van der Waals surface area (Å²) in [5.74, 6) is -0.750. The fourth-order valence-corrected chi connectivity index (χ4v) is 4.21. The van der Waals surface area contributed by atoms with Gasteiger partial charge >= 0.3 is 12.1 Å². The van der Waals surface area contributed by atoms with E-state index >= 15 is 0 Å². The Bertz CT molecular complexity index is 1300. The van der Waals surface area contributed by atoms with E-state index in [1.807, 2.05) is 30.3 Å². The summed E-state index contributed by atoms with van der Waals surface area (Å²) < 4.78 is 6.80. The van der Waals surface area contributed by atoms with Crippen LogP contribution in [0.15, 0.2) is 41.2 Å². The largest absolute Gasteiger partial charge is 0.464 e. The first-order valence-electron chi connectivity index (χ1n) is 9.45. The lowest BCUT2D eigenvalue weighted by Gasteiger charge is -2.34. The fourth-order valence-electron chi connectivity index (χ4n) is 4.21. The monoisotopic (exact) mass is 407 g/mol. The van der Waals surface area contributed by atoms with E-state index in [2.05, 4.69) is 0 Å². The first kappa shape index (κ1) is 18.3. The molecule has 2 aromatic heterocycles. The first-order valence-corrected chi connectivity index (χ1v) is 9.45. The first-order chi connectivity index (χ1) is 14.4. The number of hydrogen-bond donors (Lipinski definition) is 2. The number of benzene rings is 1. The number of esters is 1. The number of cyclic esters (lactones) is 1. The number of carboxylic acid groups (broad SMARTS) is 1. The number of rotatable bonds is 3. The Morgan fingerprint density at radius 3 is 2.90 bits per heavy atom. The molecule has 5 rings (SSSR count). The molecule has 0 bridgehead atoms. The zero-order chi connectivity index (χ0) is 21.0. The van der Waals surface area contributed by atoms with Crippen LogP contribution in [0.1, 0.15) is 30.0 Å². The van der Waals surface area contributed by atoms with Crippen molar-refractivity contribution >= 4 is 23.0 Å². The molecular formula is C21H17N3O6. The van der Waals surface area contributed by atoms with Gasteiger partial charge in [-0.05, 0) is 24.6 Å². The molecule has 0 aliphatic carbocycles. The lowest BCUT2D eigenvalue weighted by molar-refractivity contribution is -0.190. The molecule has 0 saturated carbocycles. The summed E-state index contributed by atoms with van der Waals surface area (Å²) in [6.07, 6.45) is -1.39.